The van der Waals surface area contributed by atoms with E-state index < -0.39 is 0 Å². The minimum absolute atomic E-state index is 0.483. The number of rotatable bonds is 3. The van der Waals surface area contributed by atoms with Gasteiger partial charge in [-0.1, -0.05) is 22.0 Å². The van der Waals surface area contributed by atoms with Gasteiger partial charge in [-0.25, -0.2) is 4.98 Å². The normalized spacial score (nSPS) is 10.1. The van der Waals surface area contributed by atoms with Crippen LogP contribution in [-0.2, 0) is 6.54 Å². The van der Waals surface area contributed by atoms with E-state index in [9.17, 15) is 0 Å². The van der Waals surface area contributed by atoms with Crippen LogP contribution in [0.1, 0.15) is 5.56 Å². The van der Waals surface area contributed by atoms with Gasteiger partial charge in [-0.2, -0.15) is 0 Å². The summed E-state index contributed by atoms with van der Waals surface area (Å²) >= 11 is 3.38. The van der Waals surface area contributed by atoms with Gasteiger partial charge in [-0.05, 0) is 29.8 Å². The molecule has 4 heteroatoms. The Morgan fingerprint density at radius 3 is 2.88 bits per heavy atom. The van der Waals surface area contributed by atoms with Gasteiger partial charge in [0.1, 0.15) is 5.75 Å². The Balaban J connectivity index is 2.20. The van der Waals surface area contributed by atoms with Gasteiger partial charge >= 0.3 is 0 Å². The molecule has 0 aliphatic carbocycles. The second-order valence-electron chi connectivity index (χ2n) is 3.27. The van der Waals surface area contributed by atoms with Crippen LogP contribution in [0.4, 0.5) is 0 Å². The number of hydrogen-bond donors (Lipinski definition) is 1. The molecule has 1 aromatic heterocycles. The number of pyridine rings is 1. The average Bonchev–Trinajstić information content (AvgIpc) is 2.29. The lowest BCUT2D eigenvalue weighted by molar-refractivity contribution is 0.462. The van der Waals surface area contributed by atoms with Crippen LogP contribution in [0.25, 0.3) is 0 Å². The van der Waals surface area contributed by atoms with Crippen LogP contribution in [0.2, 0.25) is 0 Å². The molecule has 2 N–H and O–H groups in total. The number of nitrogens with zero attached hydrogens (tertiary/aromatic N) is 1. The molecule has 0 aliphatic rings. The predicted molar refractivity (Wildman–Crippen MR) is 66.3 cm³/mol. The minimum Gasteiger partial charge on any atom is -0.439 e. The third kappa shape index (κ3) is 2.81. The highest BCUT2D eigenvalue weighted by molar-refractivity contribution is 9.10. The van der Waals surface area contributed by atoms with Gasteiger partial charge < -0.3 is 10.5 Å². The zero-order valence-corrected chi connectivity index (χ0v) is 10.1. The summed E-state index contributed by atoms with van der Waals surface area (Å²) in [5, 5.41) is 0. The summed E-state index contributed by atoms with van der Waals surface area (Å²) in [5.41, 5.74) is 6.55. The van der Waals surface area contributed by atoms with E-state index >= 15 is 0 Å². The number of benzene rings is 1. The van der Waals surface area contributed by atoms with E-state index in [0.717, 1.165) is 15.8 Å². The molecule has 2 aromatic rings. The van der Waals surface area contributed by atoms with E-state index in [1.165, 1.54) is 0 Å². The largest absolute Gasteiger partial charge is 0.439 e. The van der Waals surface area contributed by atoms with E-state index in [1.807, 2.05) is 36.4 Å². The van der Waals surface area contributed by atoms with Gasteiger partial charge in [0.05, 0.1) is 0 Å². The number of hydrogen-bond acceptors (Lipinski definition) is 3. The van der Waals surface area contributed by atoms with Gasteiger partial charge in [-0.15, -0.1) is 0 Å². The highest BCUT2D eigenvalue weighted by Gasteiger charge is 2.00. The lowest BCUT2D eigenvalue weighted by Gasteiger charge is -2.05. The fourth-order valence-corrected chi connectivity index (χ4v) is 1.66. The van der Waals surface area contributed by atoms with Crippen LogP contribution in [0, 0.1) is 0 Å². The number of ether oxygens (including phenoxy) is 1. The Bertz CT molecular complexity index is 488. The standard InChI is InChI=1S/C12H11BrN2O/c13-10-2-1-3-11(7-10)16-12-6-9(8-14)4-5-15-12/h1-7H,8,14H2. The van der Waals surface area contributed by atoms with Crippen LogP contribution < -0.4 is 10.5 Å². The molecular weight excluding hydrogens is 268 g/mol. The van der Waals surface area contributed by atoms with Crippen LogP contribution >= 0.6 is 15.9 Å². The van der Waals surface area contributed by atoms with E-state index in [2.05, 4.69) is 20.9 Å². The van der Waals surface area contributed by atoms with Crippen LogP contribution in [0.5, 0.6) is 11.6 Å². The zero-order valence-electron chi connectivity index (χ0n) is 8.56. The first-order valence-corrected chi connectivity index (χ1v) is 5.65. The Morgan fingerprint density at radius 2 is 2.12 bits per heavy atom. The summed E-state index contributed by atoms with van der Waals surface area (Å²) in [5.74, 6) is 1.30. The van der Waals surface area contributed by atoms with E-state index in [4.69, 9.17) is 10.5 Å². The maximum absolute atomic E-state index is 5.60. The SMILES string of the molecule is NCc1ccnc(Oc2cccc(Br)c2)c1. The number of halogens is 1. The van der Waals surface area contributed by atoms with Crippen molar-refractivity contribution in [2.75, 3.05) is 0 Å². The predicted octanol–water partition coefficient (Wildman–Crippen LogP) is 3.10. The lowest BCUT2D eigenvalue weighted by atomic mass is 10.3. The van der Waals surface area contributed by atoms with Crippen molar-refractivity contribution in [1.29, 1.82) is 0 Å². The summed E-state index contributed by atoms with van der Waals surface area (Å²) in [6, 6.07) is 11.3. The molecule has 0 spiro atoms. The van der Waals surface area contributed by atoms with Crippen molar-refractivity contribution in [3.8, 4) is 11.6 Å². The van der Waals surface area contributed by atoms with Gasteiger partial charge in [0.2, 0.25) is 5.88 Å². The van der Waals surface area contributed by atoms with Crippen molar-refractivity contribution in [1.82, 2.24) is 4.98 Å². The van der Waals surface area contributed by atoms with Crippen LogP contribution in [0.15, 0.2) is 47.1 Å². The molecule has 1 aromatic carbocycles. The maximum Gasteiger partial charge on any atom is 0.219 e. The second-order valence-corrected chi connectivity index (χ2v) is 4.18. The molecule has 3 nitrogen and oxygen atoms in total. The first-order chi connectivity index (χ1) is 7.78. The number of nitrogens with two attached hydrogens (primary N) is 1. The molecule has 16 heavy (non-hydrogen) atoms. The maximum atomic E-state index is 5.60. The van der Waals surface area contributed by atoms with Gasteiger partial charge in [0.15, 0.2) is 0 Å². The van der Waals surface area contributed by atoms with Crippen molar-refractivity contribution in [3.05, 3.63) is 52.6 Å². The second kappa shape index (κ2) is 5.09. The molecule has 1 heterocycles. The van der Waals surface area contributed by atoms with Crippen LogP contribution in [0.3, 0.4) is 0 Å². The Morgan fingerprint density at radius 1 is 1.25 bits per heavy atom. The summed E-state index contributed by atoms with van der Waals surface area (Å²) in [7, 11) is 0. The molecule has 0 fully saturated rings. The molecule has 0 saturated carbocycles. The Labute approximate surface area is 102 Å². The topological polar surface area (TPSA) is 48.1 Å². The first-order valence-electron chi connectivity index (χ1n) is 4.86. The molecule has 0 aliphatic heterocycles. The molecule has 0 saturated heterocycles. The average molecular weight is 279 g/mol. The fraction of sp³-hybridized carbons (Fsp3) is 0.0833. The minimum atomic E-state index is 0.483. The lowest BCUT2D eigenvalue weighted by Crippen LogP contribution is -1.97. The van der Waals surface area contributed by atoms with Gasteiger partial charge in [0, 0.05) is 23.3 Å². The summed E-state index contributed by atoms with van der Waals surface area (Å²) < 4.78 is 6.58. The molecule has 82 valence electrons. The summed E-state index contributed by atoms with van der Waals surface area (Å²) in [6.07, 6.45) is 1.69. The molecule has 0 radical (unpaired) electrons. The summed E-state index contributed by atoms with van der Waals surface area (Å²) in [6.45, 7) is 0.483. The van der Waals surface area contributed by atoms with Crippen molar-refractivity contribution < 1.29 is 4.74 Å². The smallest absolute Gasteiger partial charge is 0.219 e. The van der Waals surface area contributed by atoms with Crippen LogP contribution in [-0.4, -0.2) is 4.98 Å². The number of aromatic nitrogens is 1. The summed E-state index contributed by atoms with van der Waals surface area (Å²) in [4.78, 5) is 4.12. The third-order valence-electron chi connectivity index (χ3n) is 2.05. The molecule has 0 unspecified atom stereocenters. The first kappa shape index (κ1) is 11.1. The highest BCUT2D eigenvalue weighted by atomic mass is 79.9. The van der Waals surface area contributed by atoms with E-state index in [0.29, 0.717) is 12.4 Å². The molecule has 0 atom stereocenters. The molecular formula is C12H11BrN2O. The highest BCUT2D eigenvalue weighted by Crippen LogP contribution is 2.23. The monoisotopic (exact) mass is 278 g/mol. The zero-order chi connectivity index (χ0) is 11.4. The van der Waals surface area contributed by atoms with Crippen molar-refractivity contribution in [3.63, 3.8) is 0 Å². The Kier molecular flexibility index (Phi) is 3.54. The van der Waals surface area contributed by atoms with Gasteiger partial charge in [0.25, 0.3) is 0 Å². The van der Waals surface area contributed by atoms with Gasteiger partial charge in [-0.3, -0.25) is 0 Å². The van der Waals surface area contributed by atoms with E-state index in [1.54, 1.807) is 6.20 Å². The quantitative estimate of drug-likeness (QED) is 0.939. The molecule has 0 amide bonds. The molecule has 2 rings (SSSR count). The fourth-order valence-electron chi connectivity index (χ4n) is 1.28. The van der Waals surface area contributed by atoms with Crippen molar-refractivity contribution in [2.45, 2.75) is 6.54 Å². The van der Waals surface area contributed by atoms with E-state index in [-0.39, 0.29) is 0 Å². The van der Waals surface area contributed by atoms with Crippen molar-refractivity contribution >= 4 is 15.9 Å². The third-order valence-corrected chi connectivity index (χ3v) is 2.55. The van der Waals surface area contributed by atoms with Crippen molar-refractivity contribution in [2.24, 2.45) is 5.73 Å². The molecule has 0 bridgehead atoms. The Hall–Kier alpha value is -1.39.